The van der Waals surface area contributed by atoms with Gasteiger partial charge >= 0.3 is 0 Å². The molecule has 1 heterocycles. The van der Waals surface area contributed by atoms with Crippen molar-refractivity contribution in [2.75, 3.05) is 0 Å². The van der Waals surface area contributed by atoms with E-state index in [1.807, 2.05) is 0 Å². The second kappa shape index (κ2) is 2.38. The lowest BCUT2D eigenvalue weighted by molar-refractivity contribution is 0.200. The molecule has 0 radical (unpaired) electrons. The van der Waals surface area contributed by atoms with E-state index >= 15 is 0 Å². The standard InChI is InChI=1S/C12H18O/c1-3-8-4-5-9-11-10(13-11)6-7-12(8,9)2/h3,9-11H,4-7H2,1-2H3/b8-3+/t9-,10-,11+,12+/m0/s1. The van der Waals surface area contributed by atoms with Gasteiger partial charge in [0.2, 0.25) is 0 Å². The van der Waals surface area contributed by atoms with E-state index in [1.165, 1.54) is 25.7 Å². The molecule has 3 aliphatic rings. The molecule has 3 fully saturated rings. The van der Waals surface area contributed by atoms with Crippen LogP contribution in [0, 0.1) is 11.3 Å². The van der Waals surface area contributed by atoms with Gasteiger partial charge in [-0.15, -0.1) is 0 Å². The third-order valence-corrected chi connectivity index (χ3v) is 4.59. The van der Waals surface area contributed by atoms with Crippen LogP contribution in [0.3, 0.4) is 0 Å². The monoisotopic (exact) mass is 178 g/mol. The number of ether oxygens (including phenoxy) is 1. The third kappa shape index (κ3) is 0.914. The second-order valence-electron chi connectivity index (χ2n) is 5.05. The molecule has 1 heteroatoms. The van der Waals surface area contributed by atoms with Crippen LogP contribution in [0.15, 0.2) is 11.6 Å². The molecule has 4 atom stereocenters. The number of epoxide rings is 1. The maximum Gasteiger partial charge on any atom is 0.0878 e. The Balaban J connectivity index is 1.96. The van der Waals surface area contributed by atoms with Crippen LogP contribution in [0.25, 0.3) is 0 Å². The van der Waals surface area contributed by atoms with Gasteiger partial charge in [0.1, 0.15) is 0 Å². The molecule has 0 N–H and O–H groups in total. The summed E-state index contributed by atoms with van der Waals surface area (Å²) in [5.41, 5.74) is 2.21. The molecule has 1 nitrogen and oxygen atoms in total. The van der Waals surface area contributed by atoms with Gasteiger partial charge in [0.25, 0.3) is 0 Å². The van der Waals surface area contributed by atoms with Crippen LogP contribution < -0.4 is 0 Å². The predicted molar refractivity (Wildman–Crippen MR) is 52.5 cm³/mol. The first-order valence-corrected chi connectivity index (χ1v) is 5.57. The molecule has 0 aromatic rings. The molecule has 1 saturated heterocycles. The van der Waals surface area contributed by atoms with Crippen LogP contribution in [0.5, 0.6) is 0 Å². The number of fused-ring (bicyclic) bond motifs is 3. The van der Waals surface area contributed by atoms with Crippen molar-refractivity contribution in [1.82, 2.24) is 0 Å². The second-order valence-corrected chi connectivity index (χ2v) is 5.05. The molecular formula is C12H18O. The van der Waals surface area contributed by atoms with E-state index in [0.29, 0.717) is 17.6 Å². The quantitative estimate of drug-likeness (QED) is 0.410. The highest BCUT2D eigenvalue weighted by molar-refractivity contribution is 5.24. The SMILES string of the molecule is C/C=C1\CC[C@H]2[C@H]3O[C@H]3CC[C@]12C. The molecule has 0 unspecified atom stereocenters. The summed E-state index contributed by atoms with van der Waals surface area (Å²) >= 11 is 0. The van der Waals surface area contributed by atoms with Crippen LogP contribution in [0.1, 0.15) is 39.5 Å². The Morgan fingerprint density at radius 3 is 3.08 bits per heavy atom. The lowest BCUT2D eigenvalue weighted by Gasteiger charge is -2.35. The Morgan fingerprint density at radius 1 is 1.46 bits per heavy atom. The zero-order valence-corrected chi connectivity index (χ0v) is 8.55. The largest absolute Gasteiger partial charge is 0.369 e. The Bertz CT molecular complexity index is 268. The average Bonchev–Trinajstić information content (AvgIpc) is 2.82. The first-order chi connectivity index (χ1) is 6.25. The highest BCUT2D eigenvalue weighted by atomic mass is 16.6. The highest BCUT2D eigenvalue weighted by Gasteiger charge is 2.58. The third-order valence-electron chi connectivity index (χ3n) is 4.59. The molecule has 2 aliphatic carbocycles. The van der Waals surface area contributed by atoms with Gasteiger partial charge in [0, 0.05) is 0 Å². The topological polar surface area (TPSA) is 12.5 Å². The molecule has 13 heavy (non-hydrogen) atoms. The molecule has 72 valence electrons. The van der Waals surface area contributed by atoms with E-state index in [0.717, 1.165) is 5.92 Å². The normalized spacial score (nSPS) is 56.2. The van der Waals surface area contributed by atoms with Gasteiger partial charge in [-0.2, -0.15) is 0 Å². The molecule has 0 amide bonds. The van der Waals surface area contributed by atoms with Gasteiger partial charge in [-0.05, 0) is 43.9 Å². The van der Waals surface area contributed by atoms with Gasteiger partial charge in [0.05, 0.1) is 12.2 Å². The summed E-state index contributed by atoms with van der Waals surface area (Å²) in [7, 11) is 0. The first kappa shape index (κ1) is 8.05. The molecular weight excluding hydrogens is 160 g/mol. The van der Waals surface area contributed by atoms with Gasteiger partial charge in [-0.25, -0.2) is 0 Å². The van der Waals surface area contributed by atoms with Crippen LogP contribution in [-0.4, -0.2) is 12.2 Å². The van der Waals surface area contributed by atoms with Crippen molar-refractivity contribution < 1.29 is 4.74 Å². The number of rotatable bonds is 0. The Morgan fingerprint density at radius 2 is 2.31 bits per heavy atom. The van der Waals surface area contributed by atoms with Crippen molar-refractivity contribution in [3.8, 4) is 0 Å². The van der Waals surface area contributed by atoms with Crippen molar-refractivity contribution in [3.63, 3.8) is 0 Å². The van der Waals surface area contributed by atoms with E-state index in [4.69, 9.17) is 4.74 Å². The Hall–Kier alpha value is -0.300. The van der Waals surface area contributed by atoms with Gasteiger partial charge < -0.3 is 4.74 Å². The number of allylic oxidation sites excluding steroid dienone is 2. The molecule has 0 aromatic carbocycles. The fraction of sp³-hybridized carbons (Fsp3) is 0.833. The lowest BCUT2D eigenvalue weighted by Crippen LogP contribution is -2.32. The van der Waals surface area contributed by atoms with Gasteiger partial charge in [-0.1, -0.05) is 18.6 Å². The predicted octanol–water partition coefficient (Wildman–Crippen LogP) is 2.91. The summed E-state index contributed by atoms with van der Waals surface area (Å²) in [5, 5.41) is 0. The summed E-state index contributed by atoms with van der Waals surface area (Å²) in [6.45, 7) is 4.65. The van der Waals surface area contributed by atoms with Crippen molar-refractivity contribution >= 4 is 0 Å². The fourth-order valence-electron chi connectivity index (χ4n) is 3.68. The minimum atomic E-state index is 0.506. The number of hydrogen-bond acceptors (Lipinski definition) is 1. The Kier molecular flexibility index (Phi) is 1.48. The fourth-order valence-corrected chi connectivity index (χ4v) is 3.68. The average molecular weight is 178 g/mol. The molecule has 2 saturated carbocycles. The summed E-state index contributed by atoms with van der Waals surface area (Å²) in [4.78, 5) is 0. The molecule has 0 aromatic heterocycles. The molecule has 1 aliphatic heterocycles. The van der Waals surface area contributed by atoms with Crippen molar-refractivity contribution in [3.05, 3.63) is 11.6 Å². The van der Waals surface area contributed by atoms with E-state index in [2.05, 4.69) is 19.9 Å². The van der Waals surface area contributed by atoms with Gasteiger partial charge in [0.15, 0.2) is 0 Å². The van der Waals surface area contributed by atoms with Crippen molar-refractivity contribution in [2.24, 2.45) is 11.3 Å². The highest BCUT2D eigenvalue weighted by Crippen LogP contribution is 2.60. The first-order valence-electron chi connectivity index (χ1n) is 5.57. The lowest BCUT2D eigenvalue weighted by atomic mass is 9.68. The summed E-state index contributed by atoms with van der Waals surface area (Å²) in [6, 6.07) is 0. The Labute approximate surface area is 80.2 Å². The van der Waals surface area contributed by atoms with Gasteiger partial charge in [-0.3, -0.25) is 0 Å². The van der Waals surface area contributed by atoms with Crippen molar-refractivity contribution in [2.45, 2.75) is 51.7 Å². The maximum absolute atomic E-state index is 5.72. The summed E-state index contributed by atoms with van der Waals surface area (Å²) in [6.07, 6.45) is 8.99. The minimum absolute atomic E-state index is 0.506. The van der Waals surface area contributed by atoms with Crippen LogP contribution in [0.2, 0.25) is 0 Å². The van der Waals surface area contributed by atoms with E-state index in [9.17, 15) is 0 Å². The zero-order valence-electron chi connectivity index (χ0n) is 8.55. The number of hydrogen-bond donors (Lipinski definition) is 0. The molecule has 0 bridgehead atoms. The van der Waals surface area contributed by atoms with Crippen LogP contribution in [0.4, 0.5) is 0 Å². The van der Waals surface area contributed by atoms with Crippen LogP contribution >= 0.6 is 0 Å². The maximum atomic E-state index is 5.72. The van der Waals surface area contributed by atoms with Crippen molar-refractivity contribution in [1.29, 1.82) is 0 Å². The molecule has 3 rings (SSSR count). The van der Waals surface area contributed by atoms with E-state index in [-0.39, 0.29) is 0 Å². The summed E-state index contributed by atoms with van der Waals surface area (Å²) < 4.78 is 5.72. The van der Waals surface area contributed by atoms with E-state index < -0.39 is 0 Å². The molecule has 0 spiro atoms. The summed E-state index contributed by atoms with van der Waals surface area (Å²) in [5.74, 6) is 0.845. The minimum Gasteiger partial charge on any atom is -0.369 e. The van der Waals surface area contributed by atoms with Crippen LogP contribution in [-0.2, 0) is 4.74 Å². The zero-order chi connectivity index (χ0) is 9.05. The van der Waals surface area contributed by atoms with E-state index in [1.54, 1.807) is 5.57 Å². The smallest absolute Gasteiger partial charge is 0.0878 e.